The van der Waals surface area contributed by atoms with Crippen LogP contribution in [0, 0.1) is 0 Å². The van der Waals surface area contributed by atoms with Crippen LogP contribution >= 0.6 is 0 Å². The van der Waals surface area contributed by atoms with E-state index in [-0.39, 0.29) is 25.9 Å². The summed E-state index contributed by atoms with van der Waals surface area (Å²) in [4.78, 5) is 22.2. The molecule has 0 aromatic carbocycles. The van der Waals surface area contributed by atoms with Crippen LogP contribution in [0.3, 0.4) is 0 Å². The zero-order valence-electron chi connectivity index (χ0n) is 12.2. The van der Waals surface area contributed by atoms with Gasteiger partial charge in [-0.2, -0.15) is 8.42 Å². The van der Waals surface area contributed by atoms with Crippen LogP contribution in [0.25, 0.3) is 0 Å². The Morgan fingerprint density at radius 1 is 1.30 bits per heavy atom. The number of nitrogens with one attached hydrogen (secondary N) is 1. The first-order valence-corrected chi connectivity index (χ1v) is 8.64. The maximum Gasteiger partial charge on any atom is 0.325 e. The molecule has 5 unspecified atom stereocenters. The van der Waals surface area contributed by atoms with E-state index in [1.54, 1.807) is 0 Å². The predicted molar refractivity (Wildman–Crippen MR) is 74.8 cm³/mol. The highest BCUT2D eigenvalue weighted by molar-refractivity contribution is 7.87. The second kappa shape index (κ2) is 6.19. The smallest absolute Gasteiger partial charge is 0.325 e. The summed E-state index contributed by atoms with van der Waals surface area (Å²) >= 11 is 0. The first-order valence-electron chi connectivity index (χ1n) is 7.17. The van der Waals surface area contributed by atoms with E-state index >= 15 is 0 Å². The van der Waals surface area contributed by atoms with Gasteiger partial charge in [0.05, 0.1) is 12.7 Å². The highest BCUT2D eigenvalue weighted by atomic mass is 32.2. The van der Waals surface area contributed by atoms with Gasteiger partial charge in [0.25, 0.3) is 10.1 Å². The number of fused-ring (bicyclic) bond motifs is 1. The van der Waals surface area contributed by atoms with Crippen molar-refractivity contribution in [3.63, 3.8) is 0 Å². The van der Waals surface area contributed by atoms with Crippen LogP contribution in [0.1, 0.15) is 6.42 Å². The van der Waals surface area contributed by atoms with Crippen molar-refractivity contribution in [3.05, 3.63) is 12.7 Å². The first kappa shape index (κ1) is 16.4. The van der Waals surface area contributed by atoms with Crippen molar-refractivity contribution in [2.75, 3.05) is 19.8 Å². The van der Waals surface area contributed by atoms with Gasteiger partial charge in [0.1, 0.15) is 36.7 Å². The third-order valence-electron chi connectivity index (χ3n) is 4.04. The van der Waals surface area contributed by atoms with Gasteiger partial charge >= 0.3 is 5.97 Å². The van der Waals surface area contributed by atoms with Crippen molar-refractivity contribution in [2.45, 2.75) is 36.1 Å². The molecule has 0 spiro atoms. The SMILES string of the molecule is C=CC(=O)NCC(=O)OCCOC1C2CC3C(O2)C1OS3(=O)=O. The van der Waals surface area contributed by atoms with E-state index < -0.39 is 45.6 Å². The van der Waals surface area contributed by atoms with E-state index in [1.807, 2.05) is 0 Å². The molecule has 3 fully saturated rings. The molecule has 10 heteroatoms. The lowest BCUT2D eigenvalue weighted by atomic mass is 9.94. The van der Waals surface area contributed by atoms with Gasteiger partial charge in [0.2, 0.25) is 5.91 Å². The molecule has 0 radical (unpaired) electrons. The lowest BCUT2D eigenvalue weighted by molar-refractivity contribution is -0.146. The second-order valence-electron chi connectivity index (χ2n) is 5.44. The number of esters is 1. The van der Waals surface area contributed by atoms with Crippen LogP contribution in [0.5, 0.6) is 0 Å². The largest absolute Gasteiger partial charge is 0.462 e. The van der Waals surface area contributed by atoms with Crippen LogP contribution in [0.4, 0.5) is 0 Å². The highest BCUT2D eigenvalue weighted by Crippen LogP contribution is 2.47. The van der Waals surface area contributed by atoms with Crippen LogP contribution in [0.15, 0.2) is 12.7 Å². The summed E-state index contributed by atoms with van der Waals surface area (Å²) < 4.78 is 44.5. The number of hydrogen-bond donors (Lipinski definition) is 1. The molecule has 3 heterocycles. The quantitative estimate of drug-likeness (QED) is 0.255. The normalized spacial score (nSPS) is 35.9. The van der Waals surface area contributed by atoms with Crippen molar-refractivity contribution in [2.24, 2.45) is 0 Å². The van der Waals surface area contributed by atoms with Gasteiger partial charge < -0.3 is 19.5 Å². The predicted octanol–water partition coefficient (Wildman–Crippen LogP) is -1.51. The molecule has 3 aliphatic heterocycles. The minimum atomic E-state index is -3.57. The Bertz CT molecular complexity index is 617. The Morgan fingerprint density at radius 2 is 2.09 bits per heavy atom. The van der Waals surface area contributed by atoms with Crippen LogP contribution < -0.4 is 5.32 Å². The van der Waals surface area contributed by atoms with Crippen molar-refractivity contribution < 1.29 is 36.4 Å². The summed E-state index contributed by atoms with van der Waals surface area (Å²) in [6.45, 7) is 3.07. The molecule has 0 saturated carbocycles. The van der Waals surface area contributed by atoms with Gasteiger partial charge in [-0.3, -0.25) is 13.8 Å². The van der Waals surface area contributed by atoms with E-state index in [2.05, 4.69) is 11.9 Å². The van der Waals surface area contributed by atoms with Gasteiger partial charge in [-0.25, -0.2) is 0 Å². The Kier molecular flexibility index (Phi) is 4.41. The molecule has 23 heavy (non-hydrogen) atoms. The third kappa shape index (κ3) is 3.11. The van der Waals surface area contributed by atoms with Gasteiger partial charge in [-0.15, -0.1) is 0 Å². The summed E-state index contributed by atoms with van der Waals surface area (Å²) in [5.41, 5.74) is 0. The fourth-order valence-corrected chi connectivity index (χ4v) is 4.69. The summed E-state index contributed by atoms with van der Waals surface area (Å²) in [6.07, 6.45) is -0.462. The molecule has 3 saturated heterocycles. The lowest BCUT2D eigenvalue weighted by Crippen LogP contribution is -2.41. The molecule has 3 rings (SSSR count). The Balaban J connectivity index is 1.39. The number of hydrogen-bond acceptors (Lipinski definition) is 8. The fraction of sp³-hybridized carbons (Fsp3) is 0.692. The van der Waals surface area contributed by atoms with E-state index in [9.17, 15) is 18.0 Å². The van der Waals surface area contributed by atoms with E-state index in [4.69, 9.17) is 18.4 Å². The molecule has 3 aliphatic rings. The first-order chi connectivity index (χ1) is 10.9. The van der Waals surface area contributed by atoms with Crippen molar-refractivity contribution in [1.82, 2.24) is 5.32 Å². The summed E-state index contributed by atoms with van der Waals surface area (Å²) in [6, 6.07) is 0. The van der Waals surface area contributed by atoms with Crippen molar-refractivity contribution >= 4 is 22.0 Å². The van der Waals surface area contributed by atoms with Gasteiger partial charge in [-0.1, -0.05) is 6.58 Å². The van der Waals surface area contributed by atoms with E-state index in [0.717, 1.165) is 6.08 Å². The maximum atomic E-state index is 11.7. The molecular weight excluding hydrogens is 330 g/mol. The lowest BCUT2D eigenvalue weighted by Gasteiger charge is -2.21. The second-order valence-corrected chi connectivity index (χ2v) is 7.23. The fourth-order valence-electron chi connectivity index (χ4n) is 3.05. The summed E-state index contributed by atoms with van der Waals surface area (Å²) in [5, 5.41) is 1.69. The maximum absolute atomic E-state index is 11.7. The molecule has 128 valence electrons. The Labute approximate surface area is 133 Å². The topological polar surface area (TPSA) is 117 Å². The van der Waals surface area contributed by atoms with Crippen LogP contribution in [-0.4, -0.2) is 69.7 Å². The standard InChI is InChI=1S/C13H17NO8S/c1-2-9(15)14-6-10(16)19-3-4-20-11-7-5-8-12(21-7)13(11)22-23(8,17)18/h2,7-8,11-13H,1,3-6H2,(H,14,15). The molecule has 0 aromatic heterocycles. The number of ether oxygens (including phenoxy) is 3. The van der Waals surface area contributed by atoms with Gasteiger partial charge in [0, 0.05) is 0 Å². The molecule has 5 atom stereocenters. The minimum Gasteiger partial charge on any atom is -0.462 e. The van der Waals surface area contributed by atoms with Gasteiger partial charge in [-0.05, 0) is 12.5 Å². The molecular formula is C13H17NO8S. The molecule has 9 nitrogen and oxygen atoms in total. The summed E-state index contributed by atoms with van der Waals surface area (Å²) in [5.74, 6) is -1.07. The molecule has 1 N–H and O–H groups in total. The van der Waals surface area contributed by atoms with E-state index in [0.29, 0.717) is 6.42 Å². The van der Waals surface area contributed by atoms with Gasteiger partial charge in [0.15, 0.2) is 0 Å². The molecule has 2 bridgehead atoms. The number of carbonyl (C=O) groups excluding carboxylic acids is 2. The monoisotopic (exact) mass is 347 g/mol. The Hall–Kier alpha value is -1.49. The Morgan fingerprint density at radius 3 is 2.83 bits per heavy atom. The minimum absolute atomic E-state index is 0.0143. The zero-order chi connectivity index (χ0) is 16.6. The van der Waals surface area contributed by atoms with Crippen LogP contribution in [0.2, 0.25) is 0 Å². The van der Waals surface area contributed by atoms with Crippen molar-refractivity contribution in [1.29, 1.82) is 0 Å². The summed E-state index contributed by atoms with van der Waals surface area (Å²) in [7, 11) is -3.57. The van der Waals surface area contributed by atoms with Crippen molar-refractivity contribution in [3.8, 4) is 0 Å². The molecule has 0 aliphatic carbocycles. The zero-order valence-corrected chi connectivity index (χ0v) is 13.0. The number of amides is 1. The molecule has 0 aromatic rings. The van der Waals surface area contributed by atoms with Crippen LogP contribution in [-0.2, 0) is 38.1 Å². The highest BCUT2D eigenvalue weighted by Gasteiger charge is 2.66. The average Bonchev–Trinajstić information content (AvgIpc) is 3.12. The third-order valence-corrected chi connectivity index (χ3v) is 5.73. The number of carbonyl (C=O) groups is 2. The average molecular weight is 347 g/mol. The van der Waals surface area contributed by atoms with E-state index in [1.165, 1.54) is 0 Å². The molecule has 1 amide bonds. The number of rotatable bonds is 7.